The van der Waals surface area contributed by atoms with Crippen LogP contribution in [0.2, 0.25) is 0 Å². The van der Waals surface area contributed by atoms with Crippen molar-refractivity contribution in [1.82, 2.24) is 4.98 Å². The molecule has 0 bridgehead atoms. The van der Waals surface area contributed by atoms with Crippen molar-refractivity contribution in [2.45, 2.75) is 13.5 Å². The molecule has 1 aromatic carbocycles. The first kappa shape index (κ1) is 12.1. The largest absolute Gasteiger partial charge is 0.377 e. The summed E-state index contributed by atoms with van der Waals surface area (Å²) >= 11 is 4.97. The van der Waals surface area contributed by atoms with Crippen LogP contribution in [0, 0.1) is 18.3 Å². The van der Waals surface area contributed by atoms with Crippen molar-refractivity contribution >= 4 is 33.0 Å². The SMILES string of the molecule is Cc1csc(CNc2ccc(Br)cc2C#N)n1. The first-order chi connectivity index (χ1) is 8.19. The van der Waals surface area contributed by atoms with Gasteiger partial charge in [-0.25, -0.2) is 4.98 Å². The summed E-state index contributed by atoms with van der Waals surface area (Å²) in [5, 5.41) is 15.3. The Morgan fingerprint density at radius 1 is 1.53 bits per heavy atom. The molecule has 0 amide bonds. The smallest absolute Gasteiger partial charge is 0.112 e. The molecule has 86 valence electrons. The number of thiazole rings is 1. The fourth-order valence-electron chi connectivity index (χ4n) is 1.42. The maximum atomic E-state index is 9.02. The van der Waals surface area contributed by atoms with Crippen molar-refractivity contribution in [2.75, 3.05) is 5.32 Å². The van der Waals surface area contributed by atoms with E-state index in [9.17, 15) is 0 Å². The van der Waals surface area contributed by atoms with Crippen LogP contribution in [0.15, 0.2) is 28.1 Å². The lowest BCUT2D eigenvalue weighted by atomic mass is 10.2. The van der Waals surface area contributed by atoms with Crippen LogP contribution in [-0.4, -0.2) is 4.98 Å². The number of nitrogens with zero attached hydrogens (tertiary/aromatic N) is 2. The minimum Gasteiger partial charge on any atom is -0.377 e. The van der Waals surface area contributed by atoms with Gasteiger partial charge in [0.15, 0.2) is 0 Å². The Morgan fingerprint density at radius 3 is 3.00 bits per heavy atom. The Bertz CT molecular complexity index is 571. The minimum absolute atomic E-state index is 0.632. The number of aromatic nitrogens is 1. The Labute approximate surface area is 112 Å². The average Bonchev–Trinajstić information content (AvgIpc) is 2.73. The number of rotatable bonds is 3. The van der Waals surface area contributed by atoms with Crippen molar-refractivity contribution in [3.05, 3.63) is 44.3 Å². The van der Waals surface area contributed by atoms with E-state index in [4.69, 9.17) is 5.26 Å². The Hall–Kier alpha value is -1.38. The van der Waals surface area contributed by atoms with E-state index in [-0.39, 0.29) is 0 Å². The number of anilines is 1. The lowest BCUT2D eigenvalue weighted by molar-refractivity contribution is 1.07. The number of benzene rings is 1. The van der Waals surface area contributed by atoms with Crippen molar-refractivity contribution in [2.24, 2.45) is 0 Å². The van der Waals surface area contributed by atoms with Gasteiger partial charge in [0.1, 0.15) is 11.1 Å². The van der Waals surface area contributed by atoms with Crippen LogP contribution in [0.5, 0.6) is 0 Å². The van der Waals surface area contributed by atoms with Gasteiger partial charge in [-0.15, -0.1) is 11.3 Å². The van der Waals surface area contributed by atoms with Gasteiger partial charge in [-0.05, 0) is 25.1 Å². The summed E-state index contributed by atoms with van der Waals surface area (Å²) < 4.78 is 0.907. The maximum Gasteiger partial charge on any atom is 0.112 e. The molecule has 2 aromatic rings. The molecule has 2 rings (SSSR count). The van der Waals surface area contributed by atoms with Crippen LogP contribution >= 0.6 is 27.3 Å². The molecule has 0 spiro atoms. The molecule has 0 aliphatic carbocycles. The fraction of sp³-hybridized carbons (Fsp3) is 0.167. The summed E-state index contributed by atoms with van der Waals surface area (Å²) in [5.41, 5.74) is 2.50. The summed E-state index contributed by atoms with van der Waals surface area (Å²) in [6.07, 6.45) is 0. The van der Waals surface area contributed by atoms with Gasteiger partial charge in [-0.2, -0.15) is 5.26 Å². The summed E-state index contributed by atoms with van der Waals surface area (Å²) in [6, 6.07) is 7.77. The van der Waals surface area contributed by atoms with Gasteiger partial charge in [-0.3, -0.25) is 0 Å². The molecule has 0 radical (unpaired) electrons. The van der Waals surface area contributed by atoms with E-state index in [1.54, 1.807) is 17.4 Å². The third-order valence-electron chi connectivity index (χ3n) is 2.20. The predicted octanol–water partition coefficient (Wildman–Crippen LogP) is 3.70. The molecule has 0 fully saturated rings. The molecule has 1 N–H and O–H groups in total. The second kappa shape index (κ2) is 5.30. The zero-order valence-electron chi connectivity index (χ0n) is 9.20. The second-order valence-corrected chi connectivity index (χ2v) is 5.40. The second-order valence-electron chi connectivity index (χ2n) is 3.54. The third-order valence-corrected chi connectivity index (χ3v) is 3.66. The van der Waals surface area contributed by atoms with Crippen molar-refractivity contribution in [3.8, 4) is 6.07 Å². The molecule has 3 nitrogen and oxygen atoms in total. The lowest BCUT2D eigenvalue weighted by Gasteiger charge is -2.06. The maximum absolute atomic E-state index is 9.02. The minimum atomic E-state index is 0.632. The summed E-state index contributed by atoms with van der Waals surface area (Å²) in [7, 11) is 0. The molecule has 1 heterocycles. The van der Waals surface area contributed by atoms with Gasteiger partial charge in [0.05, 0.1) is 17.8 Å². The van der Waals surface area contributed by atoms with Crippen LogP contribution in [0.3, 0.4) is 0 Å². The van der Waals surface area contributed by atoms with Crippen molar-refractivity contribution in [3.63, 3.8) is 0 Å². The zero-order valence-corrected chi connectivity index (χ0v) is 11.6. The third kappa shape index (κ3) is 3.05. The Morgan fingerprint density at radius 2 is 2.35 bits per heavy atom. The Balaban J connectivity index is 2.12. The van der Waals surface area contributed by atoms with Gasteiger partial charge in [-0.1, -0.05) is 15.9 Å². The van der Waals surface area contributed by atoms with Crippen LogP contribution < -0.4 is 5.32 Å². The molecular formula is C12H10BrN3S. The molecule has 1 aromatic heterocycles. The summed E-state index contributed by atoms with van der Waals surface area (Å²) in [5.74, 6) is 0. The number of aryl methyl sites for hydroxylation is 1. The van der Waals surface area contributed by atoms with Crippen molar-refractivity contribution < 1.29 is 0 Å². The van der Waals surface area contributed by atoms with Gasteiger partial charge < -0.3 is 5.32 Å². The standard InChI is InChI=1S/C12H10BrN3S/c1-8-7-17-12(16-8)6-15-11-3-2-10(13)4-9(11)5-14/h2-4,7,15H,6H2,1H3. The quantitative estimate of drug-likeness (QED) is 0.940. The van der Waals surface area contributed by atoms with Crippen LogP contribution in [-0.2, 0) is 6.54 Å². The number of nitriles is 1. The average molecular weight is 308 g/mol. The number of hydrogen-bond donors (Lipinski definition) is 1. The number of halogens is 1. The normalized spacial score (nSPS) is 9.94. The van der Waals surface area contributed by atoms with E-state index in [1.807, 2.05) is 24.4 Å². The fourth-order valence-corrected chi connectivity index (χ4v) is 2.49. The van der Waals surface area contributed by atoms with Gasteiger partial charge in [0, 0.05) is 15.5 Å². The first-order valence-corrected chi connectivity index (χ1v) is 6.71. The Kier molecular flexibility index (Phi) is 3.77. The molecule has 17 heavy (non-hydrogen) atoms. The van der Waals surface area contributed by atoms with Gasteiger partial charge in [0.25, 0.3) is 0 Å². The highest BCUT2D eigenvalue weighted by Gasteiger charge is 2.04. The monoisotopic (exact) mass is 307 g/mol. The van der Waals surface area contributed by atoms with Gasteiger partial charge >= 0.3 is 0 Å². The van der Waals surface area contributed by atoms with Crippen LogP contribution in [0.25, 0.3) is 0 Å². The molecule has 0 aliphatic heterocycles. The molecular weight excluding hydrogens is 298 g/mol. The molecule has 0 saturated heterocycles. The summed E-state index contributed by atoms with van der Waals surface area (Å²) in [4.78, 5) is 4.36. The molecule has 0 atom stereocenters. The molecule has 0 aliphatic rings. The van der Waals surface area contributed by atoms with E-state index in [2.05, 4.69) is 32.3 Å². The highest BCUT2D eigenvalue weighted by atomic mass is 79.9. The van der Waals surface area contributed by atoms with Crippen LogP contribution in [0.1, 0.15) is 16.3 Å². The number of hydrogen-bond acceptors (Lipinski definition) is 4. The van der Waals surface area contributed by atoms with E-state index >= 15 is 0 Å². The highest BCUT2D eigenvalue weighted by Crippen LogP contribution is 2.21. The lowest BCUT2D eigenvalue weighted by Crippen LogP contribution is -2.00. The van der Waals surface area contributed by atoms with E-state index in [0.717, 1.165) is 20.9 Å². The highest BCUT2D eigenvalue weighted by molar-refractivity contribution is 9.10. The summed E-state index contributed by atoms with van der Waals surface area (Å²) in [6.45, 7) is 2.62. The van der Waals surface area contributed by atoms with Crippen LogP contribution in [0.4, 0.5) is 5.69 Å². The van der Waals surface area contributed by atoms with Crippen molar-refractivity contribution in [1.29, 1.82) is 5.26 Å². The van der Waals surface area contributed by atoms with Gasteiger partial charge in [0.2, 0.25) is 0 Å². The molecule has 0 unspecified atom stereocenters. The predicted molar refractivity (Wildman–Crippen MR) is 73.0 cm³/mol. The first-order valence-electron chi connectivity index (χ1n) is 5.03. The van der Waals surface area contributed by atoms with E-state index < -0.39 is 0 Å². The number of nitrogens with one attached hydrogen (secondary N) is 1. The van der Waals surface area contributed by atoms with E-state index in [0.29, 0.717) is 12.1 Å². The molecule has 0 saturated carbocycles. The topological polar surface area (TPSA) is 48.7 Å². The molecule has 5 heteroatoms. The van der Waals surface area contributed by atoms with E-state index in [1.165, 1.54) is 0 Å². The zero-order chi connectivity index (χ0) is 12.3.